The van der Waals surface area contributed by atoms with Gasteiger partial charge in [-0.15, -0.1) is 0 Å². The van der Waals surface area contributed by atoms with E-state index in [9.17, 15) is 9.90 Å². The summed E-state index contributed by atoms with van der Waals surface area (Å²) in [6, 6.07) is -0.0236. The molecule has 1 aliphatic heterocycles. The van der Waals surface area contributed by atoms with Crippen LogP contribution < -0.4 is 5.32 Å². The van der Waals surface area contributed by atoms with Crippen LogP contribution in [0.4, 0.5) is 0 Å². The molecule has 1 saturated heterocycles. The summed E-state index contributed by atoms with van der Waals surface area (Å²) >= 11 is 0. The van der Waals surface area contributed by atoms with Gasteiger partial charge in [-0.1, -0.05) is 26.7 Å². The SMILES string of the molecule is CCCNC1CCN(CC2(O)CCCC(C)C2)C1=O. The molecule has 1 amide bonds. The van der Waals surface area contributed by atoms with Crippen LogP contribution in [-0.2, 0) is 4.79 Å². The summed E-state index contributed by atoms with van der Waals surface area (Å²) in [5.74, 6) is 0.755. The molecule has 3 atom stereocenters. The fourth-order valence-electron chi connectivity index (χ4n) is 3.54. The molecule has 0 aromatic carbocycles. The Balaban J connectivity index is 1.87. The zero-order valence-electron chi connectivity index (χ0n) is 12.3. The van der Waals surface area contributed by atoms with Crippen molar-refractivity contribution in [2.24, 2.45) is 5.92 Å². The number of rotatable bonds is 5. The van der Waals surface area contributed by atoms with E-state index in [0.717, 1.165) is 45.2 Å². The minimum absolute atomic E-state index is 0.0236. The van der Waals surface area contributed by atoms with Gasteiger partial charge in [0.25, 0.3) is 0 Å². The van der Waals surface area contributed by atoms with Gasteiger partial charge >= 0.3 is 0 Å². The Morgan fingerprint density at radius 3 is 2.95 bits per heavy atom. The summed E-state index contributed by atoms with van der Waals surface area (Å²) < 4.78 is 0. The maximum Gasteiger partial charge on any atom is 0.239 e. The molecular weight excluding hydrogens is 240 g/mol. The minimum Gasteiger partial charge on any atom is -0.388 e. The van der Waals surface area contributed by atoms with Crippen molar-refractivity contribution in [3.05, 3.63) is 0 Å². The zero-order chi connectivity index (χ0) is 13.9. The molecule has 2 N–H and O–H groups in total. The fraction of sp³-hybridized carbons (Fsp3) is 0.933. The van der Waals surface area contributed by atoms with Crippen molar-refractivity contribution in [3.63, 3.8) is 0 Å². The molecule has 1 heterocycles. The molecule has 4 nitrogen and oxygen atoms in total. The van der Waals surface area contributed by atoms with E-state index in [2.05, 4.69) is 19.2 Å². The van der Waals surface area contributed by atoms with E-state index in [4.69, 9.17) is 0 Å². The summed E-state index contributed by atoms with van der Waals surface area (Å²) in [7, 11) is 0. The number of hydrogen-bond donors (Lipinski definition) is 2. The predicted octanol–water partition coefficient (Wildman–Crippen LogP) is 1.53. The maximum atomic E-state index is 12.3. The van der Waals surface area contributed by atoms with Gasteiger partial charge < -0.3 is 15.3 Å². The highest BCUT2D eigenvalue weighted by Gasteiger charge is 2.39. The predicted molar refractivity (Wildman–Crippen MR) is 75.9 cm³/mol. The lowest BCUT2D eigenvalue weighted by molar-refractivity contribution is -0.134. The van der Waals surface area contributed by atoms with Gasteiger partial charge in [-0.05, 0) is 38.1 Å². The van der Waals surface area contributed by atoms with Gasteiger partial charge in [0, 0.05) is 13.1 Å². The Kier molecular flexibility index (Phi) is 4.85. The van der Waals surface area contributed by atoms with E-state index in [1.54, 1.807) is 0 Å². The van der Waals surface area contributed by atoms with E-state index in [0.29, 0.717) is 12.5 Å². The van der Waals surface area contributed by atoms with Gasteiger partial charge in [0.1, 0.15) is 0 Å². The molecule has 110 valence electrons. The van der Waals surface area contributed by atoms with Crippen LogP contribution in [0.15, 0.2) is 0 Å². The topological polar surface area (TPSA) is 52.6 Å². The number of likely N-dealkylation sites (tertiary alicyclic amines) is 1. The standard InChI is InChI=1S/C15H28N2O2/c1-3-8-16-13-6-9-17(14(13)18)11-15(19)7-4-5-12(2)10-15/h12-13,16,19H,3-11H2,1-2H3. The van der Waals surface area contributed by atoms with Crippen molar-refractivity contribution in [1.82, 2.24) is 10.2 Å². The van der Waals surface area contributed by atoms with E-state index < -0.39 is 5.60 Å². The second-order valence-corrected chi connectivity index (χ2v) is 6.48. The average molecular weight is 268 g/mol. The van der Waals surface area contributed by atoms with Crippen LogP contribution in [0.1, 0.15) is 52.4 Å². The van der Waals surface area contributed by atoms with Crippen molar-refractivity contribution in [2.45, 2.75) is 64.0 Å². The first kappa shape index (κ1) is 14.8. The minimum atomic E-state index is -0.646. The summed E-state index contributed by atoms with van der Waals surface area (Å²) in [5.41, 5.74) is -0.646. The van der Waals surface area contributed by atoms with Gasteiger partial charge in [-0.25, -0.2) is 0 Å². The molecule has 0 aromatic heterocycles. The molecule has 0 radical (unpaired) electrons. The van der Waals surface area contributed by atoms with Gasteiger partial charge in [-0.2, -0.15) is 0 Å². The second-order valence-electron chi connectivity index (χ2n) is 6.48. The molecular formula is C15H28N2O2. The summed E-state index contributed by atoms with van der Waals surface area (Å²) in [5, 5.41) is 14.0. The number of hydrogen-bond acceptors (Lipinski definition) is 3. The third kappa shape index (κ3) is 3.69. The Labute approximate surface area is 116 Å². The molecule has 0 aromatic rings. The first-order valence-electron chi connectivity index (χ1n) is 7.78. The number of β-amino-alcohol motifs (C(OH)–C–C–N with tert-alkyl or cyclic N) is 1. The molecule has 0 bridgehead atoms. The molecule has 0 spiro atoms. The Morgan fingerprint density at radius 2 is 2.26 bits per heavy atom. The Bertz CT molecular complexity index is 321. The van der Waals surface area contributed by atoms with Gasteiger partial charge in [0.2, 0.25) is 5.91 Å². The summed E-state index contributed by atoms with van der Waals surface area (Å²) in [6.45, 7) is 6.51. The largest absolute Gasteiger partial charge is 0.388 e. The van der Waals surface area contributed by atoms with Crippen molar-refractivity contribution in [1.29, 1.82) is 0 Å². The normalized spacial score (nSPS) is 35.9. The Hall–Kier alpha value is -0.610. The van der Waals surface area contributed by atoms with Crippen LogP contribution in [0, 0.1) is 5.92 Å². The van der Waals surface area contributed by atoms with Crippen LogP contribution in [0.5, 0.6) is 0 Å². The number of nitrogens with zero attached hydrogens (tertiary/aromatic N) is 1. The van der Waals surface area contributed by atoms with E-state index in [-0.39, 0.29) is 11.9 Å². The lowest BCUT2D eigenvalue weighted by Crippen LogP contribution is -2.48. The third-order valence-corrected chi connectivity index (χ3v) is 4.49. The van der Waals surface area contributed by atoms with Crippen LogP contribution in [0.3, 0.4) is 0 Å². The first-order valence-corrected chi connectivity index (χ1v) is 7.78. The van der Waals surface area contributed by atoms with Crippen molar-refractivity contribution in [2.75, 3.05) is 19.6 Å². The molecule has 4 heteroatoms. The average Bonchev–Trinajstić information content (AvgIpc) is 2.67. The smallest absolute Gasteiger partial charge is 0.239 e. The quantitative estimate of drug-likeness (QED) is 0.795. The monoisotopic (exact) mass is 268 g/mol. The van der Waals surface area contributed by atoms with Gasteiger partial charge in [0.15, 0.2) is 0 Å². The molecule has 2 rings (SSSR count). The van der Waals surface area contributed by atoms with E-state index in [1.807, 2.05) is 4.90 Å². The van der Waals surface area contributed by atoms with E-state index >= 15 is 0 Å². The van der Waals surface area contributed by atoms with Crippen molar-refractivity contribution in [3.8, 4) is 0 Å². The molecule has 2 aliphatic rings. The molecule has 1 aliphatic carbocycles. The second kappa shape index (κ2) is 6.23. The number of carbonyl (C=O) groups is 1. The summed E-state index contributed by atoms with van der Waals surface area (Å²) in [4.78, 5) is 14.1. The number of aliphatic hydroxyl groups is 1. The van der Waals surface area contributed by atoms with Gasteiger partial charge in [-0.3, -0.25) is 4.79 Å². The number of nitrogens with one attached hydrogen (secondary N) is 1. The van der Waals surface area contributed by atoms with E-state index in [1.165, 1.54) is 6.42 Å². The molecule has 1 saturated carbocycles. The molecule has 2 fully saturated rings. The highest BCUT2D eigenvalue weighted by molar-refractivity contribution is 5.84. The maximum absolute atomic E-state index is 12.3. The molecule has 19 heavy (non-hydrogen) atoms. The van der Waals surface area contributed by atoms with Crippen LogP contribution in [0.25, 0.3) is 0 Å². The number of amides is 1. The zero-order valence-corrected chi connectivity index (χ0v) is 12.3. The lowest BCUT2D eigenvalue weighted by Gasteiger charge is -2.38. The van der Waals surface area contributed by atoms with Crippen LogP contribution >= 0.6 is 0 Å². The third-order valence-electron chi connectivity index (χ3n) is 4.49. The van der Waals surface area contributed by atoms with Crippen molar-refractivity contribution >= 4 is 5.91 Å². The van der Waals surface area contributed by atoms with Gasteiger partial charge in [0.05, 0.1) is 11.6 Å². The molecule has 3 unspecified atom stereocenters. The Morgan fingerprint density at radius 1 is 1.47 bits per heavy atom. The van der Waals surface area contributed by atoms with Crippen molar-refractivity contribution < 1.29 is 9.90 Å². The lowest BCUT2D eigenvalue weighted by atomic mass is 9.78. The fourth-order valence-corrected chi connectivity index (χ4v) is 3.54. The highest BCUT2D eigenvalue weighted by Crippen LogP contribution is 2.33. The van der Waals surface area contributed by atoms with Crippen LogP contribution in [-0.4, -0.2) is 47.2 Å². The highest BCUT2D eigenvalue weighted by atomic mass is 16.3. The number of carbonyl (C=O) groups excluding carboxylic acids is 1. The first-order chi connectivity index (χ1) is 9.04. The van der Waals surface area contributed by atoms with Crippen LogP contribution in [0.2, 0.25) is 0 Å². The summed E-state index contributed by atoms with van der Waals surface area (Å²) in [6.07, 6.45) is 5.89.